The molecule has 0 saturated heterocycles. The fourth-order valence-electron chi connectivity index (χ4n) is 2.25. The molecule has 0 unspecified atom stereocenters. The third-order valence-corrected chi connectivity index (χ3v) is 3.35. The zero-order valence-corrected chi connectivity index (χ0v) is 12.4. The molecule has 0 fully saturated rings. The van der Waals surface area contributed by atoms with Crippen molar-refractivity contribution in [2.75, 3.05) is 12.3 Å². The van der Waals surface area contributed by atoms with Gasteiger partial charge < -0.3 is 20.0 Å². The van der Waals surface area contributed by atoms with Crippen molar-refractivity contribution >= 4 is 22.8 Å². The van der Waals surface area contributed by atoms with Gasteiger partial charge in [-0.15, -0.1) is 0 Å². The van der Waals surface area contributed by atoms with Crippen LogP contribution in [0.15, 0.2) is 39.5 Å². The molecule has 2 heterocycles. The Balaban J connectivity index is 2.04. The molecule has 0 spiro atoms. The minimum absolute atomic E-state index is 0.00142. The maximum Gasteiger partial charge on any atom is 0.259 e. The summed E-state index contributed by atoms with van der Waals surface area (Å²) in [5, 5.41) is 7.62. The summed E-state index contributed by atoms with van der Waals surface area (Å²) in [6.07, 6.45) is 1.56. The molecule has 3 N–H and O–H groups in total. The van der Waals surface area contributed by atoms with Gasteiger partial charge in [-0.25, -0.2) is 0 Å². The number of para-hydroxylation sites is 1. The highest BCUT2D eigenvalue weighted by atomic mass is 16.5. The fraction of sp³-hybridized carbons (Fsp3) is 0.250. The number of rotatable bonds is 4. The SMILES string of the molecule is CC(C)CNC(=O)c1c(-c2coc3ccccc23)noc1N. The third-order valence-electron chi connectivity index (χ3n) is 3.35. The number of furan rings is 1. The Morgan fingerprint density at radius 2 is 2.14 bits per heavy atom. The van der Waals surface area contributed by atoms with Gasteiger partial charge >= 0.3 is 0 Å². The van der Waals surface area contributed by atoms with Gasteiger partial charge in [-0.3, -0.25) is 4.79 Å². The molecular weight excluding hydrogens is 282 g/mol. The quantitative estimate of drug-likeness (QED) is 0.772. The van der Waals surface area contributed by atoms with Crippen LogP contribution in [-0.4, -0.2) is 17.6 Å². The van der Waals surface area contributed by atoms with E-state index in [2.05, 4.69) is 10.5 Å². The number of hydrogen-bond acceptors (Lipinski definition) is 5. The van der Waals surface area contributed by atoms with Crippen LogP contribution >= 0.6 is 0 Å². The standard InChI is InChI=1S/C16H17N3O3/c1-9(2)7-18-16(20)13-14(19-22-15(13)17)11-8-21-12-6-4-3-5-10(11)12/h3-6,8-9H,7,17H2,1-2H3,(H,18,20). The lowest BCUT2D eigenvalue weighted by molar-refractivity contribution is 0.0950. The van der Waals surface area contributed by atoms with Gasteiger partial charge in [-0.1, -0.05) is 37.2 Å². The van der Waals surface area contributed by atoms with Crippen LogP contribution < -0.4 is 11.1 Å². The number of carbonyl (C=O) groups is 1. The summed E-state index contributed by atoms with van der Waals surface area (Å²) in [5.41, 5.74) is 7.81. The Labute approximate surface area is 127 Å². The molecule has 0 aliphatic rings. The normalized spacial score (nSPS) is 11.2. The van der Waals surface area contributed by atoms with Crippen LogP contribution in [0.3, 0.4) is 0 Å². The van der Waals surface area contributed by atoms with E-state index in [-0.39, 0.29) is 17.4 Å². The third kappa shape index (κ3) is 2.43. The predicted molar refractivity (Wildman–Crippen MR) is 83.3 cm³/mol. The van der Waals surface area contributed by atoms with Gasteiger partial charge in [0.1, 0.15) is 23.1 Å². The molecule has 1 amide bonds. The molecule has 0 atom stereocenters. The second-order valence-corrected chi connectivity index (χ2v) is 5.52. The van der Waals surface area contributed by atoms with E-state index in [9.17, 15) is 4.79 Å². The number of fused-ring (bicyclic) bond motifs is 1. The Hall–Kier alpha value is -2.76. The van der Waals surface area contributed by atoms with Crippen LogP contribution in [-0.2, 0) is 0 Å². The molecule has 0 saturated carbocycles. The Bertz CT molecular complexity index is 817. The highest BCUT2D eigenvalue weighted by Crippen LogP contribution is 2.33. The van der Waals surface area contributed by atoms with Crippen molar-refractivity contribution in [2.24, 2.45) is 5.92 Å². The molecule has 2 aromatic heterocycles. The zero-order chi connectivity index (χ0) is 15.7. The molecular formula is C16H17N3O3. The van der Waals surface area contributed by atoms with E-state index < -0.39 is 0 Å². The summed E-state index contributed by atoms with van der Waals surface area (Å²) in [5.74, 6) is 0.0394. The van der Waals surface area contributed by atoms with Gasteiger partial charge in [0.25, 0.3) is 5.91 Å². The predicted octanol–water partition coefficient (Wildman–Crippen LogP) is 3.06. The Kier molecular flexibility index (Phi) is 3.58. The first kappa shape index (κ1) is 14.2. The molecule has 6 heteroatoms. The smallest absolute Gasteiger partial charge is 0.259 e. The van der Waals surface area contributed by atoms with Crippen molar-refractivity contribution in [3.63, 3.8) is 0 Å². The van der Waals surface area contributed by atoms with Gasteiger partial charge in [0, 0.05) is 11.9 Å². The molecule has 0 aliphatic carbocycles. The number of anilines is 1. The van der Waals surface area contributed by atoms with Gasteiger partial charge in [0.15, 0.2) is 0 Å². The van der Waals surface area contributed by atoms with E-state index in [0.29, 0.717) is 29.3 Å². The van der Waals surface area contributed by atoms with Gasteiger partial charge in [0.05, 0.1) is 5.56 Å². The lowest BCUT2D eigenvalue weighted by atomic mass is 10.1. The van der Waals surface area contributed by atoms with Crippen molar-refractivity contribution < 1.29 is 13.7 Å². The van der Waals surface area contributed by atoms with Crippen molar-refractivity contribution in [3.8, 4) is 11.3 Å². The molecule has 114 valence electrons. The fourth-order valence-corrected chi connectivity index (χ4v) is 2.25. The van der Waals surface area contributed by atoms with E-state index in [1.54, 1.807) is 6.26 Å². The summed E-state index contributed by atoms with van der Waals surface area (Å²) in [4.78, 5) is 12.4. The van der Waals surface area contributed by atoms with Crippen molar-refractivity contribution in [3.05, 3.63) is 36.1 Å². The van der Waals surface area contributed by atoms with Crippen molar-refractivity contribution in [1.82, 2.24) is 10.5 Å². The number of nitrogens with zero attached hydrogens (tertiary/aromatic N) is 1. The van der Waals surface area contributed by atoms with Crippen LogP contribution in [0.4, 0.5) is 5.88 Å². The average molecular weight is 299 g/mol. The van der Waals surface area contributed by atoms with Crippen molar-refractivity contribution in [2.45, 2.75) is 13.8 Å². The second kappa shape index (κ2) is 5.55. The van der Waals surface area contributed by atoms with E-state index in [4.69, 9.17) is 14.7 Å². The minimum atomic E-state index is -0.298. The summed E-state index contributed by atoms with van der Waals surface area (Å²) >= 11 is 0. The second-order valence-electron chi connectivity index (χ2n) is 5.52. The van der Waals surface area contributed by atoms with Crippen LogP contribution in [0, 0.1) is 5.92 Å². The summed E-state index contributed by atoms with van der Waals surface area (Å²) in [7, 11) is 0. The largest absolute Gasteiger partial charge is 0.464 e. The van der Waals surface area contributed by atoms with Gasteiger partial charge in [-0.2, -0.15) is 0 Å². The van der Waals surface area contributed by atoms with E-state index in [0.717, 1.165) is 5.39 Å². The van der Waals surface area contributed by atoms with Crippen LogP contribution in [0.5, 0.6) is 0 Å². The Morgan fingerprint density at radius 3 is 2.91 bits per heavy atom. The number of benzene rings is 1. The number of nitrogens with two attached hydrogens (primary N) is 1. The minimum Gasteiger partial charge on any atom is -0.464 e. The topological polar surface area (TPSA) is 94.3 Å². The number of nitrogens with one attached hydrogen (secondary N) is 1. The average Bonchev–Trinajstić information content (AvgIpc) is 3.08. The molecule has 3 rings (SSSR count). The number of carbonyl (C=O) groups excluding carboxylic acids is 1. The maximum absolute atomic E-state index is 12.4. The first-order valence-electron chi connectivity index (χ1n) is 7.08. The van der Waals surface area contributed by atoms with Gasteiger partial charge in [0.2, 0.25) is 5.88 Å². The number of aromatic nitrogens is 1. The number of hydrogen-bond donors (Lipinski definition) is 2. The van der Waals surface area contributed by atoms with E-state index >= 15 is 0 Å². The molecule has 0 radical (unpaired) electrons. The zero-order valence-electron chi connectivity index (χ0n) is 12.4. The van der Waals surface area contributed by atoms with Crippen LogP contribution in [0.25, 0.3) is 22.2 Å². The molecule has 1 aromatic carbocycles. The lowest BCUT2D eigenvalue weighted by Gasteiger charge is -2.07. The van der Waals surface area contributed by atoms with E-state index in [1.807, 2.05) is 38.1 Å². The first-order valence-corrected chi connectivity index (χ1v) is 7.08. The molecule has 6 nitrogen and oxygen atoms in total. The number of nitrogen functional groups attached to an aromatic ring is 1. The highest BCUT2D eigenvalue weighted by Gasteiger charge is 2.24. The molecule has 0 bridgehead atoms. The van der Waals surface area contributed by atoms with E-state index in [1.165, 1.54) is 0 Å². The summed E-state index contributed by atoms with van der Waals surface area (Å²) in [6, 6.07) is 7.52. The molecule has 0 aliphatic heterocycles. The molecule has 22 heavy (non-hydrogen) atoms. The summed E-state index contributed by atoms with van der Waals surface area (Å²) in [6.45, 7) is 4.58. The lowest BCUT2D eigenvalue weighted by Crippen LogP contribution is -2.28. The monoisotopic (exact) mass is 299 g/mol. The molecule has 3 aromatic rings. The van der Waals surface area contributed by atoms with Gasteiger partial charge in [-0.05, 0) is 12.0 Å². The summed E-state index contributed by atoms with van der Waals surface area (Å²) < 4.78 is 10.5. The highest BCUT2D eigenvalue weighted by molar-refractivity contribution is 6.06. The maximum atomic E-state index is 12.4. The van der Waals surface area contributed by atoms with Crippen molar-refractivity contribution in [1.29, 1.82) is 0 Å². The first-order chi connectivity index (χ1) is 10.6. The van der Waals surface area contributed by atoms with Crippen LogP contribution in [0.2, 0.25) is 0 Å². The Morgan fingerprint density at radius 1 is 1.36 bits per heavy atom. The number of amides is 1. The van der Waals surface area contributed by atoms with Crippen LogP contribution in [0.1, 0.15) is 24.2 Å².